The Balaban J connectivity index is 2.18. The third-order valence-corrected chi connectivity index (χ3v) is 3.42. The van der Waals surface area contributed by atoms with E-state index >= 15 is 0 Å². The predicted molar refractivity (Wildman–Crippen MR) is 68.8 cm³/mol. The molecule has 1 aliphatic carbocycles. The molecule has 1 aromatic rings. The Hall–Kier alpha value is -1.63. The lowest BCUT2D eigenvalue weighted by Crippen LogP contribution is -2.37. The number of rotatable bonds is 5. The van der Waals surface area contributed by atoms with E-state index in [-0.39, 0.29) is 30.5 Å². The van der Waals surface area contributed by atoms with Crippen molar-refractivity contribution in [3.63, 3.8) is 0 Å². The lowest BCUT2D eigenvalue weighted by molar-refractivity contribution is -0.138. The lowest BCUT2D eigenvalue weighted by Gasteiger charge is -2.18. The van der Waals surface area contributed by atoms with E-state index < -0.39 is 23.5 Å². The Morgan fingerprint density at radius 3 is 2.57 bits per heavy atom. The second-order valence-electron chi connectivity index (χ2n) is 5.22. The molecule has 0 saturated heterocycles. The van der Waals surface area contributed by atoms with Crippen LogP contribution in [0.2, 0.25) is 0 Å². The standard InChI is InChI=1S/C14H16F4N2O/c15-10-2-1-8(12(6-10)14(16,17)18)5-9(7-19)13(21)20-11-3-4-11/h1-2,6,9,11H,3-5,7,19H2,(H,20,21). The maximum absolute atomic E-state index is 13.0. The summed E-state index contributed by atoms with van der Waals surface area (Å²) in [5.74, 6) is -2.06. The van der Waals surface area contributed by atoms with Crippen molar-refractivity contribution in [2.75, 3.05) is 6.54 Å². The van der Waals surface area contributed by atoms with Gasteiger partial charge in [0, 0.05) is 12.6 Å². The van der Waals surface area contributed by atoms with E-state index in [4.69, 9.17) is 5.73 Å². The van der Waals surface area contributed by atoms with Gasteiger partial charge in [-0.15, -0.1) is 0 Å². The number of nitrogens with one attached hydrogen (secondary N) is 1. The minimum atomic E-state index is -4.66. The Morgan fingerprint density at radius 1 is 1.38 bits per heavy atom. The molecule has 0 spiro atoms. The lowest BCUT2D eigenvalue weighted by atomic mass is 9.94. The van der Waals surface area contributed by atoms with Gasteiger partial charge in [0.2, 0.25) is 5.91 Å². The Morgan fingerprint density at radius 2 is 2.05 bits per heavy atom. The van der Waals surface area contributed by atoms with Crippen LogP contribution in [0, 0.1) is 11.7 Å². The Kier molecular flexibility index (Phi) is 4.51. The van der Waals surface area contributed by atoms with Gasteiger partial charge in [-0.2, -0.15) is 13.2 Å². The molecule has 0 aromatic heterocycles. The highest BCUT2D eigenvalue weighted by Gasteiger charge is 2.35. The van der Waals surface area contributed by atoms with Crippen molar-refractivity contribution in [3.8, 4) is 0 Å². The van der Waals surface area contributed by atoms with Gasteiger partial charge >= 0.3 is 6.18 Å². The number of hydrogen-bond acceptors (Lipinski definition) is 2. The zero-order chi connectivity index (χ0) is 15.6. The number of halogens is 4. The fourth-order valence-corrected chi connectivity index (χ4v) is 2.09. The second kappa shape index (κ2) is 6.01. The highest BCUT2D eigenvalue weighted by Crippen LogP contribution is 2.33. The molecule has 1 fully saturated rings. The summed E-state index contributed by atoms with van der Waals surface area (Å²) in [6.45, 7) is -0.0623. The minimum absolute atomic E-state index is 0.0623. The average molecular weight is 304 g/mol. The van der Waals surface area contributed by atoms with Crippen LogP contribution in [0.3, 0.4) is 0 Å². The van der Waals surface area contributed by atoms with Gasteiger partial charge in [0.05, 0.1) is 11.5 Å². The first-order valence-electron chi connectivity index (χ1n) is 6.67. The molecule has 1 aliphatic rings. The van der Waals surface area contributed by atoms with E-state index in [0.717, 1.165) is 25.0 Å². The van der Waals surface area contributed by atoms with E-state index in [1.807, 2.05) is 0 Å². The summed E-state index contributed by atoms with van der Waals surface area (Å²) in [7, 11) is 0. The molecule has 116 valence electrons. The highest BCUT2D eigenvalue weighted by atomic mass is 19.4. The van der Waals surface area contributed by atoms with E-state index in [9.17, 15) is 22.4 Å². The molecule has 0 heterocycles. The molecule has 1 aromatic carbocycles. The number of amides is 1. The third kappa shape index (κ3) is 4.17. The van der Waals surface area contributed by atoms with Crippen molar-refractivity contribution in [3.05, 3.63) is 35.1 Å². The van der Waals surface area contributed by atoms with Crippen LogP contribution >= 0.6 is 0 Å². The molecular weight excluding hydrogens is 288 g/mol. The molecule has 1 amide bonds. The van der Waals surface area contributed by atoms with Crippen LogP contribution in [0.5, 0.6) is 0 Å². The van der Waals surface area contributed by atoms with Gasteiger partial charge in [-0.05, 0) is 37.0 Å². The van der Waals surface area contributed by atoms with E-state index in [1.54, 1.807) is 0 Å². The number of carbonyl (C=O) groups is 1. The number of carbonyl (C=O) groups excluding carboxylic acids is 1. The van der Waals surface area contributed by atoms with Crippen LogP contribution in [0.15, 0.2) is 18.2 Å². The smallest absolute Gasteiger partial charge is 0.353 e. The molecule has 3 N–H and O–H groups in total. The fraction of sp³-hybridized carbons (Fsp3) is 0.500. The molecule has 2 rings (SSSR count). The summed E-state index contributed by atoms with van der Waals surface area (Å²) >= 11 is 0. The molecule has 3 nitrogen and oxygen atoms in total. The minimum Gasteiger partial charge on any atom is -0.353 e. The summed E-state index contributed by atoms with van der Waals surface area (Å²) in [4.78, 5) is 11.9. The summed E-state index contributed by atoms with van der Waals surface area (Å²) in [6.07, 6.45) is -3.06. The Labute approximate surface area is 119 Å². The van der Waals surface area contributed by atoms with E-state index in [2.05, 4.69) is 5.32 Å². The largest absolute Gasteiger partial charge is 0.416 e. The number of alkyl halides is 3. The summed E-state index contributed by atoms with van der Waals surface area (Å²) in [5.41, 5.74) is 4.32. The normalized spacial score (nSPS) is 16.6. The van der Waals surface area contributed by atoms with Gasteiger partial charge in [0.25, 0.3) is 0 Å². The van der Waals surface area contributed by atoms with Crippen LogP contribution in [-0.4, -0.2) is 18.5 Å². The van der Waals surface area contributed by atoms with Crippen LogP contribution < -0.4 is 11.1 Å². The van der Waals surface area contributed by atoms with Gasteiger partial charge in [-0.25, -0.2) is 4.39 Å². The summed E-state index contributed by atoms with van der Waals surface area (Å²) in [5, 5.41) is 2.72. The van der Waals surface area contributed by atoms with Gasteiger partial charge in [-0.1, -0.05) is 6.07 Å². The number of benzene rings is 1. The third-order valence-electron chi connectivity index (χ3n) is 3.42. The van der Waals surface area contributed by atoms with Gasteiger partial charge in [0.15, 0.2) is 0 Å². The van der Waals surface area contributed by atoms with Gasteiger partial charge in [-0.3, -0.25) is 4.79 Å². The topological polar surface area (TPSA) is 55.1 Å². The van der Waals surface area contributed by atoms with Gasteiger partial charge in [0.1, 0.15) is 5.82 Å². The molecule has 1 atom stereocenters. The first kappa shape index (κ1) is 15.8. The van der Waals surface area contributed by atoms with Gasteiger partial charge < -0.3 is 11.1 Å². The number of hydrogen-bond donors (Lipinski definition) is 2. The van der Waals surface area contributed by atoms with Crippen molar-refractivity contribution in [2.45, 2.75) is 31.5 Å². The first-order chi connectivity index (χ1) is 9.81. The molecule has 0 aliphatic heterocycles. The molecule has 0 radical (unpaired) electrons. The van der Waals surface area contributed by atoms with E-state index in [0.29, 0.717) is 6.07 Å². The molecule has 21 heavy (non-hydrogen) atoms. The summed E-state index contributed by atoms with van der Waals surface area (Å²) < 4.78 is 51.7. The molecule has 0 bridgehead atoms. The second-order valence-corrected chi connectivity index (χ2v) is 5.22. The predicted octanol–water partition coefficient (Wildman–Crippen LogP) is 2.24. The van der Waals surface area contributed by atoms with Crippen LogP contribution in [0.25, 0.3) is 0 Å². The van der Waals surface area contributed by atoms with Crippen molar-refractivity contribution >= 4 is 5.91 Å². The maximum atomic E-state index is 13.0. The summed E-state index contributed by atoms with van der Waals surface area (Å²) in [6, 6.07) is 2.58. The van der Waals surface area contributed by atoms with Crippen LogP contribution in [0.4, 0.5) is 17.6 Å². The molecule has 1 saturated carbocycles. The molecule has 1 unspecified atom stereocenters. The Bertz CT molecular complexity index is 526. The average Bonchev–Trinajstić information content (AvgIpc) is 3.19. The van der Waals surface area contributed by atoms with Crippen LogP contribution in [-0.2, 0) is 17.4 Å². The van der Waals surface area contributed by atoms with Crippen molar-refractivity contribution in [1.82, 2.24) is 5.32 Å². The SMILES string of the molecule is NCC(Cc1ccc(F)cc1C(F)(F)F)C(=O)NC1CC1. The van der Waals surface area contributed by atoms with Crippen molar-refractivity contribution in [2.24, 2.45) is 11.7 Å². The quantitative estimate of drug-likeness (QED) is 0.820. The zero-order valence-electron chi connectivity index (χ0n) is 11.2. The molecule has 7 heteroatoms. The van der Waals surface area contributed by atoms with E-state index in [1.165, 1.54) is 0 Å². The van der Waals surface area contributed by atoms with Crippen molar-refractivity contribution in [1.29, 1.82) is 0 Å². The van der Waals surface area contributed by atoms with Crippen LogP contribution in [0.1, 0.15) is 24.0 Å². The first-order valence-corrected chi connectivity index (χ1v) is 6.67. The number of nitrogens with two attached hydrogens (primary N) is 1. The highest BCUT2D eigenvalue weighted by molar-refractivity contribution is 5.79. The fourth-order valence-electron chi connectivity index (χ4n) is 2.09. The molecular formula is C14H16F4N2O. The maximum Gasteiger partial charge on any atom is 0.416 e. The monoisotopic (exact) mass is 304 g/mol. The zero-order valence-corrected chi connectivity index (χ0v) is 11.2. The van der Waals surface area contributed by atoms with Crippen molar-refractivity contribution < 1.29 is 22.4 Å².